The maximum absolute atomic E-state index is 12.7. The molecule has 0 aliphatic carbocycles. The van der Waals surface area contributed by atoms with Gasteiger partial charge < -0.3 is 20.7 Å². The number of rotatable bonds is 7. The van der Waals surface area contributed by atoms with E-state index in [1.54, 1.807) is 19.9 Å². The number of esters is 1. The molecule has 1 aliphatic heterocycles. The van der Waals surface area contributed by atoms with Crippen LogP contribution in [0.25, 0.3) is 0 Å². The van der Waals surface area contributed by atoms with Crippen LogP contribution in [0.1, 0.15) is 32.5 Å². The Kier molecular flexibility index (Phi) is 8.00. The van der Waals surface area contributed by atoms with Crippen LogP contribution in [0.2, 0.25) is 10.0 Å². The highest BCUT2D eigenvalue weighted by Crippen LogP contribution is 2.33. The summed E-state index contributed by atoms with van der Waals surface area (Å²) in [6.07, 6.45) is 0. The van der Waals surface area contributed by atoms with Crippen molar-refractivity contribution >= 4 is 63.0 Å². The van der Waals surface area contributed by atoms with Gasteiger partial charge in [-0.2, -0.15) is 0 Å². The molecule has 11 heteroatoms. The lowest BCUT2D eigenvalue weighted by Gasteiger charge is -2.35. The Hall–Kier alpha value is -2.33. The Morgan fingerprint density at radius 3 is 2.44 bits per heavy atom. The summed E-state index contributed by atoms with van der Waals surface area (Å²) < 4.78 is 5.07. The lowest BCUT2D eigenvalue weighted by molar-refractivity contribution is -0.117. The van der Waals surface area contributed by atoms with Crippen molar-refractivity contribution in [1.29, 1.82) is 0 Å². The van der Waals surface area contributed by atoms with Crippen LogP contribution in [0.5, 0.6) is 0 Å². The SMILES string of the molecule is CCOC(=O)c1c(NC(=O)CN2CCN(c3ccc(Cl)c(Cl)c3)CC2)sc(C(N)=O)c1C. The fourth-order valence-corrected chi connectivity index (χ4v) is 4.86. The number of anilines is 2. The van der Waals surface area contributed by atoms with Crippen LogP contribution in [-0.2, 0) is 9.53 Å². The molecule has 0 unspecified atom stereocenters. The smallest absolute Gasteiger partial charge is 0.341 e. The number of hydrogen-bond donors (Lipinski definition) is 2. The molecule has 8 nitrogen and oxygen atoms in total. The number of amides is 2. The van der Waals surface area contributed by atoms with Crippen LogP contribution in [-0.4, -0.2) is 62.0 Å². The normalized spacial score (nSPS) is 14.3. The van der Waals surface area contributed by atoms with Crippen LogP contribution < -0.4 is 16.0 Å². The molecular weight excluding hydrogens is 475 g/mol. The van der Waals surface area contributed by atoms with Gasteiger partial charge in [-0.3, -0.25) is 14.5 Å². The lowest BCUT2D eigenvalue weighted by Crippen LogP contribution is -2.48. The molecule has 1 aromatic carbocycles. The van der Waals surface area contributed by atoms with Gasteiger partial charge in [-0.05, 0) is 37.6 Å². The van der Waals surface area contributed by atoms with Crippen LogP contribution in [0.3, 0.4) is 0 Å². The molecule has 172 valence electrons. The number of carbonyl (C=O) groups excluding carboxylic acids is 3. The number of nitrogens with two attached hydrogens (primary N) is 1. The van der Waals surface area contributed by atoms with Crippen molar-refractivity contribution in [3.63, 3.8) is 0 Å². The first-order valence-corrected chi connectivity index (χ1v) is 11.6. The molecule has 0 saturated carbocycles. The summed E-state index contributed by atoms with van der Waals surface area (Å²) in [7, 11) is 0. The Morgan fingerprint density at radius 2 is 1.84 bits per heavy atom. The second-order valence-electron chi connectivity index (χ2n) is 7.25. The zero-order chi connectivity index (χ0) is 23.4. The number of primary amides is 1. The molecule has 1 aliphatic rings. The first kappa shape index (κ1) is 24.3. The molecular formula is C21H24Cl2N4O4S. The van der Waals surface area contributed by atoms with E-state index in [4.69, 9.17) is 33.7 Å². The van der Waals surface area contributed by atoms with Gasteiger partial charge in [-0.15, -0.1) is 11.3 Å². The number of carbonyl (C=O) groups is 3. The van der Waals surface area contributed by atoms with Crippen molar-refractivity contribution in [2.75, 3.05) is 49.5 Å². The predicted octanol–water partition coefficient (Wildman–Crippen LogP) is 3.40. The van der Waals surface area contributed by atoms with Gasteiger partial charge in [-0.25, -0.2) is 4.79 Å². The molecule has 0 atom stereocenters. The molecule has 2 heterocycles. The molecule has 1 fully saturated rings. The van der Waals surface area contributed by atoms with Crippen LogP contribution in [0.4, 0.5) is 10.7 Å². The van der Waals surface area contributed by atoms with Crippen molar-refractivity contribution in [2.45, 2.75) is 13.8 Å². The highest BCUT2D eigenvalue weighted by Gasteiger charge is 2.26. The third-order valence-electron chi connectivity index (χ3n) is 5.11. The van der Waals surface area contributed by atoms with E-state index in [9.17, 15) is 14.4 Å². The molecule has 0 spiro atoms. The number of nitrogens with zero attached hydrogens (tertiary/aromatic N) is 2. The van der Waals surface area contributed by atoms with Crippen molar-refractivity contribution in [2.24, 2.45) is 5.73 Å². The molecule has 1 aromatic heterocycles. The molecule has 32 heavy (non-hydrogen) atoms. The van der Waals surface area contributed by atoms with E-state index in [0.717, 1.165) is 30.1 Å². The quantitative estimate of drug-likeness (QED) is 0.566. The van der Waals surface area contributed by atoms with Crippen molar-refractivity contribution in [3.05, 3.63) is 44.2 Å². The lowest BCUT2D eigenvalue weighted by atomic mass is 10.1. The van der Waals surface area contributed by atoms with Crippen molar-refractivity contribution < 1.29 is 19.1 Å². The highest BCUT2D eigenvalue weighted by molar-refractivity contribution is 7.18. The molecule has 2 amide bonds. The summed E-state index contributed by atoms with van der Waals surface area (Å²) in [6.45, 7) is 6.43. The van der Waals surface area contributed by atoms with Crippen molar-refractivity contribution in [1.82, 2.24) is 4.90 Å². The van der Waals surface area contributed by atoms with Gasteiger partial charge in [0, 0.05) is 31.9 Å². The largest absolute Gasteiger partial charge is 0.462 e. The number of thiophene rings is 1. The number of hydrogen-bond acceptors (Lipinski definition) is 7. The number of halogens is 2. The minimum atomic E-state index is -0.656. The monoisotopic (exact) mass is 498 g/mol. The van der Waals surface area contributed by atoms with Gasteiger partial charge >= 0.3 is 5.97 Å². The summed E-state index contributed by atoms with van der Waals surface area (Å²) in [5.41, 5.74) is 6.97. The Morgan fingerprint density at radius 1 is 1.16 bits per heavy atom. The Bertz CT molecular complexity index is 1040. The second kappa shape index (κ2) is 10.5. The summed E-state index contributed by atoms with van der Waals surface area (Å²) in [6, 6.07) is 5.52. The highest BCUT2D eigenvalue weighted by atomic mass is 35.5. The maximum Gasteiger partial charge on any atom is 0.341 e. The van der Waals surface area contributed by atoms with Crippen molar-refractivity contribution in [3.8, 4) is 0 Å². The van der Waals surface area contributed by atoms with Gasteiger partial charge in [-0.1, -0.05) is 23.2 Å². The third-order valence-corrected chi connectivity index (χ3v) is 7.07. The maximum atomic E-state index is 12.7. The summed E-state index contributed by atoms with van der Waals surface area (Å²) in [4.78, 5) is 41.1. The summed E-state index contributed by atoms with van der Waals surface area (Å²) in [5.74, 6) is -1.54. The Labute approximate surface area is 200 Å². The number of benzene rings is 1. The third kappa shape index (κ3) is 5.53. The van der Waals surface area contributed by atoms with E-state index in [1.807, 2.05) is 17.0 Å². The molecule has 2 aromatic rings. The van der Waals surface area contributed by atoms with E-state index in [-0.39, 0.29) is 34.5 Å². The minimum Gasteiger partial charge on any atom is -0.462 e. The first-order chi connectivity index (χ1) is 15.2. The van der Waals surface area contributed by atoms with E-state index in [2.05, 4.69) is 10.2 Å². The number of nitrogens with one attached hydrogen (secondary N) is 1. The molecule has 3 N–H and O–H groups in total. The number of ether oxygens (including phenoxy) is 1. The van der Waals surface area contributed by atoms with Gasteiger partial charge in [0.1, 0.15) is 5.00 Å². The summed E-state index contributed by atoms with van der Waals surface area (Å²) in [5, 5.41) is 4.04. The number of piperazine rings is 1. The van der Waals surface area contributed by atoms with E-state index in [1.165, 1.54) is 0 Å². The van der Waals surface area contributed by atoms with E-state index >= 15 is 0 Å². The zero-order valence-corrected chi connectivity index (χ0v) is 20.1. The topological polar surface area (TPSA) is 105 Å². The zero-order valence-electron chi connectivity index (χ0n) is 17.7. The molecule has 1 saturated heterocycles. The Balaban J connectivity index is 1.63. The molecule has 0 bridgehead atoms. The van der Waals surface area contributed by atoms with Crippen LogP contribution >= 0.6 is 34.5 Å². The first-order valence-electron chi connectivity index (χ1n) is 10.0. The molecule has 3 rings (SSSR count). The second-order valence-corrected chi connectivity index (χ2v) is 9.09. The average molecular weight is 499 g/mol. The predicted molar refractivity (Wildman–Crippen MR) is 127 cm³/mol. The van der Waals surface area contributed by atoms with Gasteiger partial charge in [0.2, 0.25) is 5.91 Å². The van der Waals surface area contributed by atoms with Gasteiger partial charge in [0.25, 0.3) is 5.91 Å². The minimum absolute atomic E-state index is 0.153. The van der Waals surface area contributed by atoms with Crippen LogP contribution in [0, 0.1) is 6.92 Å². The fraction of sp³-hybridized carbons (Fsp3) is 0.381. The molecule has 0 radical (unpaired) electrons. The van der Waals surface area contributed by atoms with E-state index in [0.29, 0.717) is 28.7 Å². The summed E-state index contributed by atoms with van der Waals surface area (Å²) >= 11 is 13.1. The standard InChI is InChI=1S/C21H24Cl2N4O4S/c1-3-31-21(30)17-12(2)18(19(24)29)32-20(17)25-16(28)11-26-6-8-27(9-7-26)13-4-5-14(22)15(23)10-13/h4-5,10H,3,6-9,11H2,1-2H3,(H2,24,29)(H,25,28). The van der Waals surface area contributed by atoms with Crippen LogP contribution in [0.15, 0.2) is 18.2 Å². The average Bonchev–Trinajstić information content (AvgIpc) is 3.06. The fourth-order valence-electron chi connectivity index (χ4n) is 3.50. The van der Waals surface area contributed by atoms with Gasteiger partial charge in [0.05, 0.1) is 33.6 Å². The van der Waals surface area contributed by atoms with Gasteiger partial charge in [0.15, 0.2) is 0 Å². The van der Waals surface area contributed by atoms with E-state index < -0.39 is 11.9 Å².